The molecule has 0 saturated carbocycles. The van der Waals surface area contributed by atoms with E-state index in [0.717, 1.165) is 35.2 Å². The monoisotopic (exact) mass is 427 g/mol. The fraction of sp³-hybridized carbons (Fsp3) is 0.192. The molecular weight excluding hydrogens is 402 g/mol. The number of benzene rings is 3. The lowest BCUT2D eigenvalue weighted by molar-refractivity contribution is 0.0735. The fourth-order valence-electron chi connectivity index (χ4n) is 4.19. The van der Waals surface area contributed by atoms with Gasteiger partial charge in [-0.25, -0.2) is 0 Å². The molecule has 0 radical (unpaired) electrons. The van der Waals surface area contributed by atoms with Crippen molar-refractivity contribution >= 4 is 16.8 Å². The molecule has 5 rings (SSSR count). The Morgan fingerprint density at radius 2 is 1.69 bits per heavy atom. The lowest BCUT2D eigenvalue weighted by Crippen LogP contribution is -2.46. The van der Waals surface area contributed by atoms with Crippen LogP contribution in [0, 0.1) is 6.92 Å². The molecule has 32 heavy (non-hydrogen) atoms. The van der Waals surface area contributed by atoms with E-state index in [1.165, 1.54) is 0 Å². The molecule has 0 aliphatic carbocycles. The third kappa shape index (κ3) is 3.59. The van der Waals surface area contributed by atoms with Gasteiger partial charge in [0, 0.05) is 43.3 Å². The molecule has 0 unspecified atom stereocenters. The van der Waals surface area contributed by atoms with Crippen LogP contribution in [0.5, 0.6) is 17.4 Å². The van der Waals surface area contributed by atoms with Gasteiger partial charge in [-0.2, -0.15) is 0 Å². The number of piperazine rings is 1. The van der Waals surface area contributed by atoms with Crippen molar-refractivity contribution in [2.45, 2.75) is 6.92 Å². The van der Waals surface area contributed by atoms with Crippen molar-refractivity contribution in [3.05, 3.63) is 83.9 Å². The van der Waals surface area contributed by atoms with Gasteiger partial charge >= 0.3 is 0 Å². The Morgan fingerprint density at radius 3 is 2.44 bits per heavy atom. The highest BCUT2D eigenvalue weighted by atomic mass is 16.5. The zero-order valence-corrected chi connectivity index (χ0v) is 17.9. The number of amides is 1. The van der Waals surface area contributed by atoms with Gasteiger partial charge in [-0.3, -0.25) is 9.36 Å². The second-order valence-electron chi connectivity index (χ2n) is 7.96. The zero-order valence-electron chi connectivity index (χ0n) is 17.9. The molecule has 1 aliphatic rings. The third-order valence-corrected chi connectivity index (χ3v) is 5.84. The molecule has 1 saturated heterocycles. The van der Waals surface area contributed by atoms with E-state index in [9.17, 15) is 9.90 Å². The van der Waals surface area contributed by atoms with Crippen LogP contribution in [-0.4, -0.2) is 46.7 Å². The Hall–Kier alpha value is -3.77. The maximum absolute atomic E-state index is 13.8. The van der Waals surface area contributed by atoms with Crippen molar-refractivity contribution in [2.24, 2.45) is 0 Å². The zero-order chi connectivity index (χ0) is 22.1. The third-order valence-electron chi connectivity index (χ3n) is 5.84. The second kappa shape index (κ2) is 8.40. The number of carbonyl (C=O) groups excluding carboxylic acids is 1. The average molecular weight is 428 g/mol. The molecule has 3 aromatic carbocycles. The molecule has 0 spiro atoms. The van der Waals surface area contributed by atoms with Crippen molar-refractivity contribution in [3.63, 3.8) is 0 Å². The summed E-state index contributed by atoms with van der Waals surface area (Å²) in [6.45, 7) is 4.78. The van der Waals surface area contributed by atoms with Crippen LogP contribution in [0.2, 0.25) is 0 Å². The summed E-state index contributed by atoms with van der Waals surface area (Å²) in [5.74, 6) is 1.21. The van der Waals surface area contributed by atoms with E-state index in [0.29, 0.717) is 30.3 Å². The minimum atomic E-state index is -0.0690. The van der Waals surface area contributed by atoms with Crippen LogP contribution in [0.15, 0.2) is 72.8 Å². The Balaban J connectivity index is 1.78. The number of para-hydroxylation sites is 2. The number of carbonyl (C=O) groups is 1. The van der Waals surface area contributed by atoms with E-state index in [1.807, 2.05) is 71.0 Å². The number of aromatic hydroxyl groups is 1. The van der Waals surface area contributed by atoms with Gasteiger partial charge in [0.2, 0.25) is 5.88 Å². The van der Waals surface area contributed by atoms with E-state index in [1.54, 1.807) is 18.2 Å². The van der Waals surface area contributed by atoms with Crippen LogP contribution in [0.25, 0.3) is 16.6 Å². The maximum Gasteiger partial charge on any atom is 0.260 e. The van der Waals surface area contributed by atoms with E-state index >= 15 is 0 Å². The van der Waals surface area contributed by atoms with E-state index in [4.69, 9.17) is 4.74 Å². The average Bonchev–Trinajstić information content (AvgIpc) is 3.14. The van der Waals surface area contributed by atoms with Crippen LogP contribution in [0.3, 0.4) is 0 Å². The Labute approximate surface area is 186 Å². The predicted octanol–water partition coefficient (Wildman–Crippen LogP) is 4.48. The number of fused-ring (bicyclic) bond motifs is 1. The minimum Gasteiger partial charge on any atom is -0.508 e. The van der Waals surface area contributed by atoms with Crippen molar-refractivity contribution in [1.82, 2.24) is 14.8 Å². The number of phenolic OH excluding ortho intramolecular Hbond substituents is 1. The lowest BCUT2D eigenvalue weighted by Gasteiger charge is -2.27. The largest absolute Gasteiger partial charge is 0.508 e. The predicted molar refractivity (Wildman–Crippen MR) is 125 cm³/mol. The Bertz CT molecular complexity index is 1270. The second-order valence-corrected chi connectivity index (χ2v) is 7.96. The first kappa shape index (κ1) is 20.2. The standard InChI is InChI=1S/C26H25N3O3/c1-18-7-5-6-10-23(18)32-26-24(25(31)28-15-13-27-14-16-28)21-12-11-20(30)17-22(21)29(26)19-8-3-2-4-9-19/h2-12,17,27,30H,13-16H2,1H3. The highest BCUT2D eigenvalue weighted by Gasteiger charge is 2.30. The number of nitrogens with zero attached hydrogens (tertiary/aromatic N) is 2. The van der Waals surface area contributed by atoms with Gasteiger partial charge in [-0.15, -0.1) is 0 Å². The van der Waals surface area contributed by atoms with Crippen LogP contribution < -0.4 is 10.1 Å². The molecule has 0 atom stereocenters. The number of nitrogens with one attached hydrogen (secondary N) is 1. The summed E-state index contributed by atoms with van der Waals surface area (Å²) < 4.78 is 8.39. The molecule has 6 nitrogen and oxygen atoms in total. The molecule has 1 fully saturated rings. The van der Waals surface area contributed by atoms with E-state index < -0.39 is 0 Å². The fourth-order valence-corrected chi connectivity index (χ4v) is 4.19. The van der Waals surface area contributed by atoms with Crippen molar-refractivity contribution < 1.29 is 14.6 Å². The Kier molecular flexibility index (Phi) is 5.29. The summed E-state index contributed by atoms with van der Waals surface area (Å²) in [6.07, 6.45) is 0. The van der Waals surface area contributed by atoms with Crippen molar-refractivity contribution in [3.8, 4) is 23.1 Å². The van der Waals surface area contributed by atoms with Crippen LogP contribution in [0.1, 0.15) is 15.9 Å². The van der Waals surface area contributed by atoms with Crippen LogP contribution in [0.4, 0.5) is 0 Å². The topological polar surface area (TPSA) is 66.7 Å². The molecule has 1 aliphatic heterocycles. The SMILES string of the molecule is Cc1ccccc1Oc1c(C(=O)N2CCNCC2)c2ccc(O)cc2n1-c1ccccc1. The van der Waals surface area contributed by atoms with E-state index in [-0.39, 0.29) is 11.7 Å². The van der Waals surface area contributed by atoms with Crippen LogP contribution >= 0.6 is 0 Å². The lowest BCUT2D eigenvalue weighted by atomic mass is 10.1. The maximum atomic E-state index is 13.8. The van der Waals surface area contributed by atoms with Gasteiger partial charge < -0.3 is 20.1 Å². The first-order valence-electron chi connectivity index (χ1n) is 10.8. The summed E-state index contributed by atoms with van der Waals surface area (Å²) in [7, 11) is 0. The number of hydrogen-bond donors (Lipinski definition) is 2. The van der Waals surface area contributed by atoms with Gasteiger partial charge in [0.05, 0.1) is 5.52 Å². The number of hydrogen-bond acceptors (Lipinski definition) is 4. The summed E-state index contributed by atoms with van der Waals surface area (Å²) in [5.41, 5.74) is 3.05. The normalized spacial score (nSPS) is 14.0. The molecule has 1 amide bonds. The minimum absolute atomic E-state index is 0.0690. The number of ether oxygens (including phenoxy) is 1. The molecule has 2 N–H and O–H groups in total. The number of rotatable bonds is 4. The molecule has 2 heterocycles. The first-order valence-corrected chi connectivity index (χ1v) is 10.8. The summed E-state index contributed by atoms with van der Waals surface area (Å²) in [6, 6.07) is 22.6. The van der Waals surface area contributed by atoms with E-state index in [2.05, 4.69) is 5.32 Å². The number of aryl methyl sites for hydroxylation is 1. The Morgan fingerprint density at radius 1 is 0.969 bits per heavy atom. The summed E-state index contributed by atoms with van der Waals surface area (Å²) in [4.78, 5) is 15.6. The molecule has 6 heteroatoms. The smallest absolute Gasteiger partial charge is 0.260 e. The van der Waals surface area contributed by atoms with Gasteiger partial charge in [0.15, 0.2) is 0 Å². The molecule has 0 bridgehead atoms. The summed E-state index contributed by atoms with van der Waals surface area (Å²) in [5, 5.41) is 14.3. The quantitative estimate of drug-likeness (QED) is 0.504. The van der Waals surface area contributed by atoms with Gasteiger partial charge in [-0.1, -0.05) is 36.4 Å². The molecule has 162 valence electrons. The highest BCUT2D eigenvalue weighted by Crippen LogP contribution is 2.40. The number of phenols is 1. The molecule has 1 aromatic heterocycles. The van der Waals surface area contributed by atoms with Gasteiger partial charge in [0.1, 0.15) is 17.1 Å². The number of aromatic nitrogens is 1. The molecule has 4 aromatic rings. The van der Waals surface area contributed by atoms with Gasteiger partial charge in [-0.05, 0) is 42.8 Å². The van der Waals surface area contributed by atoms with Crippen LogP contribution in [-0.2, 0) is 0 Å². The molecular formula is C26H25N3O3. The summed E-state index contributed by atoms with van der Waals surface area (Å²) >= 11 is 0. The van der Waals surface area contributed by atoms with Crippen molar-refractivity contribution in [1.29, 1.82) is 0 Å². The first-order chi connectivity index (χ1) is 15.6. The van der Waals surface area contributed by atoms with Gasteiger partial charge in [0.25, 0.3) is 5.91 Å². The highest BCUT2D eigenvalue weighted by molar-refractivity contribution is 6.10. The van der Waals surface area contributed by atoms with Crippen molar-refractivity contribution in [2.75, 3.05) is 26.2 Å².